The van der Waals surface area contributed by atoms with Crippen molar-refractivity contribution < 1.29 is 33.6 Å². The molecular weight excluding hydrogens is 425 g/mol. The number of hydrogen-bond acceptors (Lipinski definition) is 6. The van der Waals surface area contributed by atoms with E-state index in [-0.39, 0.29) is 22.3 Å². The molecule has 5 N–H and O–H groups in total. The zero-order valence-corrected chi connectivity index (χ0v) is 17.6. The minimum absolute atomic E-state index is 0.210. The molecule has 2 aromatic carbocycles. The fourth-order valence-corrected chi connectivity index (χ4v) is 3.90. The van der Waals surface area contributed by atoms with Crippen LogP contribution in [0.2, 0.25) is 0 Å². The highest BCUT2D eigenvalue weighted by Gasteiger charge is 2.61. The average Bonchev–Trinajstić information content (AvgIpc) is 3.03. The summed E-state index contributed by atoms with van der Waals surface area (Å²) in [6, 6.07) is 8.80. The summed E-state index contributed by atoms with van der Waals surface area (Å²) < 4.78 is 42.5. The number of rotatable bonds is 7. The van der Waals surface area contributed by atoms with E-state index in [4.69, 9.17) is 0 Å². The van der Waals surface area contributed by atoms with Crippen LogP contribution in [0.4, 0.5) is 13.2 Å². The molecule has 32 heavy (non-hydrogen) atoms. The molecule has 172 valence electrons. The highest BCUT2D eigenvalue weighted by Crippen LogP contribution is 2.56. The second kappa shape index (κ2) is 8.67. The lowest BCUT2D eigenvalue weighted by Crippen LogP contribution is -2.52. The van der Waals surface area contributed by atoms with Crippen molar-refractivity contribution in [2.24, 2.45) is 4.99 Å². The average molecular weight is 450 g/mol. The lowest BCUT2D eigenvalue weighted by molar-refractivity contribution is -0.246. The van der Waals surface area contributed by atoms with Gasteiger partial charge in [-0.15, -0.1) is 0 Å². The fourth-order valence-electron chi connectivity index (χ4n) is 3.90. The lowest BCUT2D eigenvalue weighted by Gasteiger charge is -2.29. The Bertz CT molecular complexity index is 1050. The first-order valence-electron chi connectivity index (χ1n) is 9.85. The van der Waals surface area contributed by atoms with E-state index in [1.165, 1.54) is 43.7 Å². The molecule has 6 nitrogen and oxygen atoms in total. The molecule has 0 aliphatic heterocycles. The van der Waals surface area contributed by atoms with Gasteiger partial charge < -0.3 is 25.7 Å². The van der Waals surface area contributed by atoms with E-state index in [0.29, 0.717) is 16.7 Å². The number of nitrogens with zero attached hydrogens (tertiary/aromatic N) is 1. The standard InChI is InChI=1S/C23H25F3N2O4/c1-14-7-17(15(9-27-2)10-28-21(11-29,12-30)13-31)20-16-5-3-4-6-18(16)22(32,19(20)8-14)23(24,25)26/h3-10,28-32H,11-13H2,1-2H3/b15-10+,27-9-. The van der Waals surface area contributed by atoms with Gasteiger partial charge in [-0.3, -0.25) is 4.99 Å². The van der Waals surface area contributed by atoms with E-state index >= 15 is 0 Å². The zero-order chi connectivity index (χ0) is 23.7. The summed E-state index contributed by atoms with van der Waals surface area (Å²) in [5.41, 5.74) is -3.51. The highest BCUT2D eigenvalue weighted by atomic mass is 19.4. The number of aliphatic hydroxyl groups is 4. The van der Waals surface area contributed by atoms with Crippen LogP contribution in [0.5, 0.6) is 0 Å². The molecule has 1 aliphatic carbocycles. The summed E-state index contributed by atoms with van der Waals surface area (Å²) in [5, 5.41) is 42.5. The Labute approximate surface area is 183 Å². The predicted molar refractivity (Wildman–Crippen MR) is 115 cm³/mol. The van der Waals surface area contributed by atoms with Crippen LogP contribution in [0.3, 0.4) is 0 Å². The van der Waals surface area contributed by atoms with Crippen LogP contribution in [0, 0.1) is 6.92 Å². The number of fused-ring (bicyclic) bond motifs is 3. The molecule has 0 heterocycles. The molecule has 0 aromatic heterocycles. The summed E-state index contributed by atoms with van der Waals surface area (Å²) in [4.78, 5) is 3.98. The van der Waals surface area contributed by atoms with Gasteiger partial charge in [0.1, 0.15) is 5.54 Å². The van der Waals surface area contributed by atoms with Gasteiger partial charge in [-0.2, -0.15) is 13.2 Å². The molecule has 0 saturated carbocycles. The normalized spacial score (nSPS) is 18.7. The quantitative estimate of drug-likeness (QED) is 0.416. The van der Waals surface area contributed by atoms with E-state index in [1.807, 2.05) is 0 Å². The zero-order valence-electron chi connectivity index (χ0n) is 17.6. The predicted octanol–water partition coefficient (Wildman–Crippen LogP) is 2.12. The summed E-state index contributed by atoms with van der Waals surface area (Å²) >= 11 is 0. The molecule has 0 radical (unpaired) electrons. The van der Waals surface area contributed by atoms with Gasteiger partial charge in [0.25, 0.3) is 0 Å². The maximum Gasteiger partial charge on any atom is 0.425 e. The minimum atomic E-state index is -4.96. The van der Waals surface area contributed by atoms with Gasteiger partial charge in [0, 0.05) is 36.2 Å². The van der Waals surface area contributed by atoms with Gasteiger partial charge in [0.2, 0.25) is 5.60 Å². The molecule has 0 amide bonds. The Morgan fingerprint density at radius 1 is 1.06 bits per heavy atom. The van der Waals surface area contributed by atoms with Gasteiger partial charge in [0.05, 0.1) is 19.8 Å². The van der Waals surface area contributed by atoms with Crippen LogP contribution in [-0.2, 0) is 5.60 Å². The van der Waals surface area contributed by atoms with E-state index < -0.39 is 37.1 Å². The van der Waals surface area contributed by atoms with Gasteiger partial charge in [-0.25, -0.2) is 0 Å². The molecule has 0 fully saturated rings. The van der Waals surface area contributed by atoms with E-state index in [1.54, 1.807) is 19.1 Å². The molecule has 3 rings (SSSR count). The number of aliphatic hydroxyl groups excluding tert-OH is 3. The van der Waals surface area contributed by atoms with E-state index in [0.717, 1.165) is 0 Å². The third kappa shape index (κ3) is 3.71. The van der Waals surface area contributed by atoms with Crippen molar-refractivity contribution >= 4 is 11.8 Å². The van der Waals surface area contributed by atoms with Crippen molar-refractivity contribution in [2.75, 3.05) is 26.9 Å². The van der Waals surface area contributed by atoms with Crippen LogP contribution in [0.25, 0.3) is 16.7 Å². The maximum atomic E-state index is 14.2. The third-order valence-corrected chi connectivity index (χ3v) is 5.69. The number of alkyl halides is 3. The Hall–Kier alpha value is -2.72. The van der Waals surface area contributed by atoms with Crippen molar-refractivity contribution in [1.82, 2.24) is 5.32 Å². The Kier molecular flexibility index (Phi) is 6.48. The van der Waals surface area contributed by atoms with Gasteiger partial charge in [0.15, 0.2) is 0 Å². The van der Waals surface area contributed by atoms with Crippen LogP contribution in [-0.4, -0.2) is 65.2 Å². The Morgan fingerprint density at radius 3 is 2.25 bits per heavy atom. The topological polar surface area (TPSA) is 105 Å². The number of benzene rings is 2. The first kappa shape index (κ1) is 23.9. The summed E-state index contributed by atoms with van der Waals surface area (Å²) in [7, 11) is 1.49. The van der Waals surface area contributed by atoms with Crippen molar-refractivity contribution in [3.63, 3.8) is 0 Å². The van der Waals surface area contributed by atoms with Gasteiger partial charge >= 0.3 is 6.18 Å². The fraction of sp³-hybridized carbons (Fsp3) is 0.348. The van der Waals surface area contributed by atoms with Crippen molar-refractivity contribution in [3.05, 3.63) is 64.9 Å². The highest BCUT2D eigenvalue weighted by molar-refractivity contribution is 6.13. The summed E-state index contributed by atoms with van der Waals surface area (Å²) in [6.07, 6.45) is -2.18. The Balaban J connectivity index is 2.31. The largest absolute Gasteiger partial charge is 0.425 e. The molecule has 1 atom stereocenters. The molecule has 0 bridgehead atoms. The van der Waals surface area contributed by atoms with Crippen LogP contribution in [0.1, 0.15) is 22.3 Å². The van der Waals surface area contributed by atoms with Gasteiger partial charge in [-0.1, -0.05) is 42.0 Å². The number of allylic oxidation sites excluding steroid dienone is 1. The van der Waals surface area contributed by atoms with Crippen LogP contribution in [0.15, 0.2) is 47.6 Å². The molecule has 2 aromatic rings. The van der Waals surface area contributed by atoms with E-state index in [2.05, 4.69) is 10.3 Å². The second-order valence-corrected chi connectivity index (χ2v) is 7.87. The summed E-state index contributed by atoms with van der Waals surface area (Å²) in [6.45, 7) is -0.141. The van der Waals surface area contributed by atoms with Crippen molar-refractivity contribution in [2.45, 2.75) is 24.2 Å². The molecule has 1 aliphatic rings. The molecule has 1 unspecified atom stereocenters. The van der Waals surface area contributed by atoms with Crippen molar-refractivity contribution in [3.8, 4) is 11.1 Å². The van der Waals surface area contributed by atoms with Crippen LogP contribution < -0.4 is 5.32 Å². The number of aryl methyl sites for hydroxylation is 1. The number of halogens is 3. The first-order valence-corrected chi connectivity index (χ1v) is 9.85. The van der Waals surface area contributed by atoms with Crippen LogP contribution >= 0.6 is 0 Å². The smallest absolute Gasteiger partial charge is 0.394 e. The number of hydrogen-bond donors (Lipinski definition) is 5. The maximum absolute atomic E-state index is 14.2. The molecule has 0 saturated heterocycles. The SMILES string of the molecule is C/N=C\C(=C/NC(CO)(CO)CO)c1cc(C)cc2c1-c1ccccc1C2(O)C(F)(F)F. The summed E-state index contributed by atoms with van der Waals surface area (Å²) in [5.74, 6) is 0. The molecular formula is C23H25F3N2O4. The third-order valence-electron chi connectivity index (χ3n) is 5.69. The first-order chi connectivity index (χ1) is 15.1. The van der Waals surface area contributed by atoms with E-state index in [9.17, 15) is 33.6 Å². The van der Waals surface area contributed by atoms with Gasteiger partial charge in [-0.05, 0) is 23.6 Å². The van der Waals surface area contributed by atoms with Crippen molar-refractivity contribution in [1.29, 1.82) is 0 Å². The molecule has 0 spiro atoms. The number of aliphatic imine (C=N–C) groups is 1. The lowest BCUT2D eigenvalue weighted by atomic mass is 9.88. The molecule has 9 heteroatoms. The Morgan fingerprint density at radius 2 is 1.69 bits per heavy atom. The number of nitrogens with one attached hydrogen (secondary N) is 1. The monoisotopic (exact) mass is 450 g/mol. The second-order valence-electron chi connectivity index (χ2n) is 7.87. The minimum Gasteiger partial charge on any atom is -0.394 e.